The molecule has 0 radical (unpaired) electrons. The van der Waals surface area contributed by atoms with E-state index in [1.54, 1.807) is 0 Å². The molecular weight excluding hydrogens is 901 g/mol. The SMILES string of the molecule is C.CC.CCC.CCC(C)c1ccc2c(c1)C(c1ccccc1C)=C(C)C2(c1ccccc1)c1ccccc1.Cc1ccc2c(c1)C(C)(C)c1ccccc1-2.Cc1cccc(-c2ccccc2)c1.Cc1ccccc1. The highest BCUT2D eigenvalue weighted by Crippen LogP contribution is 2.56. The standard InChI is InChI=1S/C33H32.C16H16.C13H12.C7H8.C3H8.C2H6.CH4/c1-5-23(2)26-20-21-31-30(22-26)32(29-19-13-12-14-24(29)3)25(4)33(31,27-15-8-6-9-16-27)28-17-10-7-11-18-28;1-11-8-9-13-12-6-4-5-7-14(12)16(2,3)15(13)10-11;1-11-6-5-9-13(10-11)12-7-3-2-4-8-12;1-7-5-3-2-4-6-7;1-3-2;1-2;/h6-23H,5H2,1-4H3;4-10H,1-3H3;2-10H,1H3;2-6H,1H3;3H2,1-2H3;1-2H3;1H4. The molecule has 0 amide bonds. The molecule has 0 saturated heterocycles. The van der Waals surface area contributed by atoms with Gasteiger partial charge >= 0.3 is 0 Å². The van der Waals surface area contributed by atoms with Crippen LogP contribution in [0.2, 0.25) is 0 Å². The lowest BCUT2D eigenvalue weighted by Gasteiger charge is -2.34. The van der Waals surface area contributed by atoms with E-state index in [1.807, 2.05) is 38.1 Å². The molecule has 2 aliphatic rings. The second-order valence-electron chi connectivity index (χ2n) is 20.2. The van der Waals surface area contributed by atoms with Gasteiger partial charge in [0.05, 0.1) is 5.41 Å². The predicted octanol–water partition coefficient (Wildman–Crippen LogP) is 21.7. The highest BCUT2D eigenvalue weighted by molar-refractivity contribution is 5.94. The van der Waals surface area contributed by atoms with Crippen LogP contribution in [0.1, 0.15) is 155 Å². The lowest BCUT2D eigenvalue weighted by Crippen LogP contribution is -2.29. The van der Waals surface area contributed by atoms with Gasteiger partial charge in [-0.3, -0.25) is 0 Å². The second-order valence-corrected chi connectivity index (χ2v) is 20.2. The summed E-state index contributed by atoms with van der Waals surface area (Å²) in [6.45, 7) is 28.4. The van der Waals surface area contributed by atoms with Crippen molar-refractivity contribution in [3.63, 3.8) is 0 Å². The summed E-state index contributed by atoms with van der Waals surface area (Å²) in [5, 5.41) is 0. The number of aryl methyl sites for hydroxylation is 4. The van der Waals surface area contributed by atoms with Gasteiger partial charge in [-0.2, -0.15) is 0 Å². The molecule has 0 spiro atoms. The van der Waals surface area contributed by atoms with Gasteiger partial charge in [-0.05, 0) is 130 Å². The minimum absolute atomic E-state index is 0. The van der Waals surface area contributed by atoms with Crippen molar-refractivity contribution in [3.8, 4) is 22.3 Å². The van der Waals surface area contributed by atoms with Crippen molar-refractivity contribution < 1.29 is 0 Å². The molecule has 9 aromatic carbocycles. The van der Waals surface area contributed by atoms with E-state index in [2.05, 4.69) is 282 Å². The number of benzene rings is 9. The quantitative estimate of drug-likeness (QED) is 0.156. The summed E-state index contributed by atoms with van der Waals surface area (Å²) in [6, 6.07) is 83.0. The molecule has 0 heterocycles. The fourth-order valence-electron chi connectivity index (χ4n) is 10.5. The Morgan fingerprint density at radius 2 is 0.853 bits per heavy atom. The minimum Gasteiger partial charge on any atom is -0.0776 e. The largest absolute Gasteiger partial charge is 0.0776 e. The zero-order chi connectivity index (χ0) is 53.3. The Bertz CT molecular complexity index is 3130. The van der Waals surface area contributed by atoms with Crippen LogP contribution in [0.15, 0.2) is 236 Å². The maximum Gasteiger partial charge on any atom is 0.0674 e. The third-order valence-corrected chi connectivity index (χ3v) is 14.5. The summed E-state index contributed by atoms with van der Waals surface area (Å²) in [5.41, 5.74) is 24.4. The highest BCUT2D eigenvalue weighted by Gasteiger charge is 2.46. The van der Waals surface area contributed by atoms with Crippen molar-refractivity contribution in [2.24, 2.45) is 0 Å². The van der Waals surface area contributed by atoms with Crippen LogP contribution in [0.4, 0.5) is 0 Å². The number of allylic oxidation sites excluding steroid dienone is 1. The molecular formula is C75H86. The molecule has 0 aliphatic heterocycles. The van der Waals surface area contributed by atoms with E-state index in [9.17, 15) is 0 Å². The normalized spacial score (nSPS) is 13.0. The molecule has 9 aromatic rings. The van der Waals surface area contributed by atoms with Gasteiger partial charge in [0.25, 0.3) is 0 Å². The second kappa shape index (κ2) is 27.9. The Balaban J connectivity index is 0.000000205. The third-order valence-electron chi connectivity index (χ3n) is 14.5. The first-order valence-corrected chi connectivity index (χ1v) is 27.2. The van der Waals surface area contributed by atoms with Crippen molar-refractivity contribution in [1.29, 1.82) is 0 Å². The van der Waals surface area contributed by atoms with Crippen LogP contribution in [-0.4, -0.2) is 0 Å². The summed E-state index contributed by atoms with van der Waals surface area (Å²) in [6.07, 6.45) is 2.39. The van der Waals surface area contributed by atoms with Crippen molar-refractivity contribution in [2.75, 3.05) is 0 Å². The zero-order valence-corrected chi connectivity index (χ0v) is 46.9. The Morgan fingerprint density at radius 3 is 1.39 bits per heavy atom. The van der Waals surface area contributed by atoms with E-state index in [4.69, 9.17) is 0 Å². The van der Waals surface area contributed by atoms with E-state index in [0.717, 1.165) is 6.42 Å². The first-order chi connectivity index (χ1) is 35.9. The van der Waals surface area contributed by atoms with Crippen molar-refractivity contribution in [1.82, 2.24) is 0 Å². The number of fused-ring (bicyclic) bond motifs is 4. The maximum absolute atomic E-state index is 2.47. The Morgan fingerprint density at radius 1 is 0.387 bits per heavy atom. The van der Waals surface area contributed by atoms with Crippen LogP contribution in [0.5, 0.6) is 0 Å². The average molecular weight is 988 g/mol. The first kappa shape index (κ1) is 58.6. The van der Waals surface area contributed by atoms with Crippen LogP contribution < -0.4 is 0 Å². The highest BCUT2D eigenvalue weighted by atomic mass is 14.5. The molecule has 75 heavy (non-hydrogen) atoms. The van der Waals surface area contributed by atoms with Gasteiger partial charge in [0.2, 0.25) is 0 Å². The van der Waals surface area contributed by atoms with E-state index < -0.39 is 0 Å². The summed E-state index contributed by atoms with van der Waals surface area (Å²) in [5.74, 6) is 0.539. The summed E-state index contributed by atoms with van der Waals surface area (Å²) < 4.78 is 0. The average Bonchev–Trinajstić information content (AvgIpc) is 3.83. The van der Waals surface area contributed by atoms with E-state index >= 15 is 0 Å². The van der Waals surface area contributed by atoms with Crippen LogP contribution in [0.3, 0.4) is 0 Å². The van der Waals surface area contributed by atoms with Gasteiger partial charge in [-0.25, -0.2) is 0 Å². The minimum atomic E-state index is -0.302. The first-order valence-electron chi connectivity index (χ1n) is 27.2. The molecule has 0 fully saturated rings. The van der Waals surface area contributed by atoms with Crippen LogP contribution >= 0.6 is 0 Å². The summed E-state index contributed by atoms with van der Waals surface area (Å²) in [4.78, 5) is 0. The predicted molar refractivity (Wildman–Crippen MR) is 331 cm³/mol. The zero-order valence-electron chi connectivity index (χ0n) is 46.9. The van der Waals surface area contributed by atoms with Gasteiger partial charge in [0.1, 0.15) is 0 Å². The van der Waals surface area contributed by atoms with E-state index in [1.165, 1.54) is 107 Å². The van der Waals surface area contributed by atoms with E-state index in [0.29, 0.717) is 5.92 Å². The van der Waals surface area contributed by atoms with Crippen LogP contribution in [0.25, 0.3) is 27.8 Å². The molecule has 0 heteroatoms. The van der Waals surface area contributed by atoms with Crippen molar-refractivity contribution >= 4 is 5.57 Å². The fourth-order valence-corrected chi connectivity index (χ4v) is 10.5. The van der Waals surface area contributed by atoms with Gasteiger partial charge in [-0.1, -0.05) is 316 Å². The Labute approximate surface area is 455 Å². The number of rotatable bonds is 6. The number of hydrogen-bond acceptors (Lipinski definition) is 0. The number of hydrogen-bond donors (Lipinski definition) is 0. The lowest BCUT2D eigenvalue weighted by molar-refractivity contribution is 0.660. The van der Waals surface area contributed by atoms with E-state index in [-0.39, 0.29) is 18.3 Å². The van der Waals surface area contributed by atoms with Gasteiger partial charge in [0, 0.05) is 5.41 Å². The smallest absolute Gasteiger partial charge is 0.0674 e. The van der Waals surface area contributed by atoms with Gasteiger partial charge < -0.3 is 0 Å². The lowest BCUT2D eigenvalue weighted by atomic mass is 9.67. The Kier molecular flexibility index (Phi) is 21.8. The Hall–Kier alpha value is -7.28. The summed E-state index contributed by atoms with van der Waals surface area (Å²) in [7, 11) is 0. The molecule has 11 rings (SSSR count). The molecule has 2 aliphatic carbocycles. The summed E-state index contributed by atoms with van der Waals surface area (Å²) >= 11 is 0. The molecule has 0 N–H and O–H groups in total. The van der Waals surface area contributed by atoms with Crippen molar-refractivity contribution in [3.05, 3.63) is 303 Å². The molecule has 0 aromatic heterocycles. The molecule has 386 valence electrons. The third kappa shape index (κ3) is 13.3. The van der Waals surface area contributed by atoms with Gasteiger partial charge in [0.15, 0.2) is 0 Å². The van der Waals surface area contributed by atoms with Crippen LogP contribution in [-0.2, 0) is 10.8 Å². The maximum atomic E-state index is 2.47. The topological polar surface area (TPSA) is 0 Å². The molecule has 1 unspecified atom stereocenters. The molecule has 0 bridgehead atoms. The van der Waals surface area contributed by atoms with Gasteiger partial charge in [-0.15, -0.1) is 0 Å². The van der Waals surface area contributed by atoms with Crippen molar-refractivity contribution in [2.45, 2.75) is 127 Å². The monoisotopic (exact) mass is 987 g/mol. The molecule has 0 nitrogen and oxygen atoms in total. The van der Waals surface area contributed by atoms with Crippen LogP contribution in [0, 0.1) is 27.7 Å². The fraction of sp³-hybridized carbons (Fsp3) is 0.253. The molecule has 0 saturated carbocycles. The molecule has 1 atom stereocenters.